The molecule has 1 aromatic carbocycles. The molecule has 20 heavy (non-hydrogen) atoms. The lowest BCUT2D eigenvalue weighted by Crippen LogP contribution is -2.31. The Morgan fingerprint density at radius 2 is 1.95 bits per heavy atom. The Bertz CT molecular complexity index is 503. The van der Waals surface area contributed by atoms with Crippen molar-refractivity contribution in [1.29, 1.82) is 0 Å². The molecule has 0 aliphatic rings. The van der Waals surface area contributed by atoms with Crippen LogP contribution in [0, 0.1) is 6.92 Å². The monoisotopic (exact) mass is 279 g/mol. The average Bonchev–Trinajstić information content (AvgIpc) is 2.25. The molecule has 0 radical (unpaired) electrons. The van der Waals surface area contributed by atoms with Gasteiger partial charge in [0, 0.05) is 6.54 Å². The van der Waals surface area contributed by atoms with Crippen LogP contribution in [0.3, 0.4) is 0 Å². The van der Waals surface area contributed by atoms with Gasteiger partial charge in [0.1, 0.15) is 5.60 Å². The number of carboxylic acids is 1. The highest BCUT2D eigenvalue weighted by Crippen LogP contribution is 2.11. The molecule has 0 saturated carbocycles. The van der Waals surface area contributed by atoms with Crippen LogP contribution in [0.1, 0.15) is 42.3 Å². The van der Waals surface area contributed by atoms with Crippen LogP contribution in [0.15, 0.2) is 18.2 Å². The molecule has 110 valence electrons. The van der Waals surface area contributed by atoms with Crippen molar-refractivity contribution < 1.29 is 19.4 Å². The van der Waals surface area contributed by atoms with Crippen LogP contribution in [0.4, 0.5) is 0 Å². The van der Waals surface area contributed by atoms with Crippen molar-refractivity contribution in [2.45, 2.75) is 39.8 Å². The van der Waals surface area contributed by atoms with Crippen molar-refractivity contribution in [3.05, 3.63) is 34.9 Å². The molecule has 1 rings (SSSR count). The number of aryl methyl sites for hydroxylation is 1. The first-order chi connectivity index (χ1) is 9.19. The number of carbonyl (C=O) groups excluding carboxylic acids is 1. The van der Waals surface area contributed by atoms with Crippen molar-refractivity contribution in [3.63, 3.8) is 0 Å². The maximum Gasteiger partial charge on any atom is 0.335 e. The lowest BCUT2D eigenvalue weighted by atomic mass is 10.1. The highest BCUT2D eigenvalue weighted by Gasteiger charge is 2.15. The predicted octanol–water partition coefficient (Wildman–Crippen LogP) is 2.12. The summed E-state index contributed by atoms with van der Waals surface area (Å²) in [4.78, 5) is 22.4. The highest BCUT2D eigenvalue weighted by atomic mass is 16.6. The minimum absolute atomic E-state index is 0.122. The van der Waals surface area contributed by atoms with E-state index < -0.39 is 11.6 Å². The molecule has 0 bridgehead atoms. The van der Waals surface area contributed by atoms with Gasteiger partial charge in [-0.25, -0.2) is 4.79 Å². The fraction of sp³-hybridized carbons (Fsp3) is 0.467. The van der Waals surface area contributed by atoms with Crippen LogP contribution in [0.25, 0.3) is 0 Å². The zero-order chi connectivity index (χ0) is 15.3. The molecular weight excluding hydrogens is 258 g/mol. The van der Waals surface area contributed by atoms with E-state index in [-0.39, 0.29) is 12.5 Å². The maximum absolute atomic E-state index is 11.5. The molecule has 5 nitrogen and oxygen atoms in total. The molecule has 0 unspecified atom stereocenters. The Hall–Kier alpha value is -1.88. The Balaban J connectivity index is 2.49. The summed E-state index contributed by atoms with van der Waals surface area (Å²) in [5, 5.41) is 11.9. The van der Waals surface area contributed by atoms with E-state index in [1.165, 1.54) is 0 Å². The number of aromatic carboxylic acids is 1. The summed E-state index contributed by atoms with van der Waals surface area (Å²) in [5.41, 5.74) is 1.43. The standard InChI is InChI=1S/C15H21NO4/c1-10-7-11(5-6-12(10)14(18)19)8-16-9-13(17)20-15(2,3)4/h5-7,16H,8-9H2,1-4H3,(H,18,19). The fourth-order valence-corrected chi connectivity index (χ4v) is 1.76. The molecule has 0 spiro atoms. The van der Waals surface area contributed by atoms with Gasteiger partial charge in [-0.3, -0.25) is 4.79 Å². The van der Waals surface area contributed by atoms with Gasteiger partial charge in [0.05, 0.1) is 12.1 Å². The van der Waals surface area contributed by atoms with Gasteiger partial charge in [0.25, 0.3) is 0 Å². The number of nitrogens with one attached hydrogen (secondary N) is 1. The second-order valence-corrected chi connectivity index (χ2v) is 5.64. The van der Waals surface area contributed by atoms with Gasteiger partial charge >= 0.3 is 11.9 Å². The molecule has 1 aromatic rings. The van der Waals surface area contributed by atoms with Crippen molar-refractivity contribution >= 4 is 11.9 Å². The number of ether oxygens (including phenoxy) is 1. The van der Waals surface area contributed by atoms with E-state index in [4.69, 9.17) is 9.84 Å². The summed E-state index contributed by atoms with van der Waals surface area (Å²) >= 11 is 0. The highest BCUT2D eigenvalue weighted by molar-refractivity contribution is 5.89. The summed E-state index contributed by atoms with van der Waals surface area (Å²) < 4.78 is 5.17. The second kappa shape index (κ2) is 6.52. The number of rotatable bonds is 5. The Morgan fingerprint density at radius 1 is 1.30 bits per heavy atom. The molecule has 0 aromatic heterocycles. The van der Waals surface area contributed by atoms with Gasteiger partial charge in [-0.2, -0.15) is 0 Å². The number of carbonyl (C=O) groups is 2. The molecular formula is C15H21NO4. The summed E-state index contributed by atoms with van der Waals surface area (Å²) in [6.07, 6.45) is 0. The van der Waals surface area contributed by atoms with Crippen LogP contribution in [0.2, 0.25) is 0 Å². The Kier molecular flexibility index (Phi) is 5.27. The number of carboxylic acid groups (broad SMARTS) is 1. The van der Waals surface area contributed by atoms with Crippen LogP contribution < -0.4 is 5.32 Å². The van der Waals surface area contributed by atoms with Crippen LogP contribution in [0.5, 0.6) is 0 Å². The topological polar surface area (TPSA) is 75.6 Å². The normalized spacial score (nSPS) is 11.2. The largest absolute Gasteiger partial charge is 0.478 e. The first kappa shape index (κ1) is 16.2. The number of benzene rings is 1. The third-order valence-electron chi connectivity index (χ3n) is 2.54. The molecule has 0 atom stereocenters. The van der Waals surface area contributed by atoms with Crippen molar-refractivity contribution in [2.75, 3.05) is 6.54 Å². The number of hydrogen-bond donors (Lipinski definition) is 2. The second-order valence-electron chi connectivity index (χ2n) is 5.64. The molecule has 0 heterocycles. The molecule has 0 saturated heterocycles. The van der Waals surface area contributed by atoms with E-state index in [1.807, 2.05) is 20.8 Å². The van der Waals surface area contributed by atoms with Gasteiger partial charge in [-0.05, 0) is 44.9 Å². The third kappa shape index (κ3) is 5.40. The molecule has 0 fully saturated rings. The van der Waals surface area contributed by atoms with E-state index in [9.17, 15) is 9.59 Å². The van der Waals surface area contributed by atoms with Gasteiger partial charge < -0.3 is 15.2 Å². The van der Waals surface area contributed by atoms with Crippen LogP contribution in [-0.4, -0.2) is 29.2 Å². The molecule has 2 N–H and O–H groups in total. The van der Waals surface area contributed by atoms with Crippen LogP contribution >= 0.6 is 0 Å². The summed E-state index contributed by atoms with van der Waals surface area (Å²) in [6.45, 7) is 7.81. The van der Waals surface area contributed by atoms with Gasteiger partial charge in [-0.1, -0.05) is 12.1 Å². The summed E-state index contributed by atoms with van der Waals surface area (Å²) in [5.74, 6) is -1.24. The van der Waals surface area contributed by atoms with E-state index in [2.05, 4.69) is 5.32 Å². The molecule has 0 aliphatic heterocycles. The number of esters is 1. The third-order valence-corrected chi connectivity index (χ3v) is 2.54. The zero-order valence-electron chi connectivity index (χ0n) is 12.3. The zero-order valence-corrected chi connectivity index (χ0v) is 12.3. The summed E-state index contributed by atoms with van der Waals surface area (Å²) in [6, 6.07) is 5.10. The summed E-state index contributed by atoms with van der Waals surface area (Å²) in [7, 11) is 0. The maximum atomic E-state index is 11.5. The van der Waals surface area contributed by atoms with Gasteiger partial charge in [-0.15, -0.1) is 0 Å². The lowest BCUT2D eigenvalue weighted by Gasteiger charge is -2.19. The fourth-order valence-electron chi connectivity index (χ4n) is 1.76. The smallest absolute Gasteiger partial charge is 0.335 e. The first-order valence-electron chi connectivity index (χ1n) is 6.44. The van der Waals surface area contributed by atoms with Crippen molar-refractivity contribution in [2.24, 2.45) is 0 Å². The molecule has 0 amide bonds. The predicted molar refractivity (Wildman–Crippen MR) is 75.7 cm³/mol. The quantitative estimate of drug-likeness (QED) is 0.807. The molecule has 5 heteroatoms. The van der Waals surface area contributed by atoms with Gasteiger partial charge in [0.2, 0.25) is 0 Å². The van der Waals surface area contributed by atoms with Gasteiger partial charge in [0.15, 0.2) is 0 Å². The lowest BCUT2D eigenvalue weighted by molar-refractivity contribution is -0.153. The van der Waals surface area contributed by atoms with E-state index in [0.717, 1.165) is 5.56 Å². The van der Waals surface area contributed by atoms with E-state index in [1.54, 1.807) is 25.1 Å². The first-order valence-corrected chi connectivity index (χ1v) is 6.44. The average molecular weight is 279 g/mol. The molecule has 0 aliphatic carbocycles. The van der Waals surface area contributed by atoms with E-state index >= 15 is 0 Å². The SMILES string of the molecule is Cc1cc(CNCC(=O)OC(C)(C)C)ccc1C(=O)O. The van der Waals surface area contributed by atoms with E-state index in [0.29, 0.717) is 17.7 Å². The Morgan fingerprint density at radius 3 is 2.45 bits per heavy atom. The van der Waals surface area contributed by atoms with Crippen molar-refractivity contribution in [1.82, 2.24) is 5.32 Å². The minimum atomic E-state index is -0.934. The van der Waals surface area contributed by atoms with Crippen LogP contribution in [-0.2, 0) is 16.1 Å². The minimum Gasteiger partial charge on any atom is -0.478 e. The van der Waals surface area contributed by atoms with Crippen molar-refractivity contribution in [3.8, 4) is 0 Å². The number of hydrogen-bond acceptors (Lipinski definition) is 4. The Labute approximate surface area is 118 Å².